The highest BCUT2D eigenvalue weighted by Crippen LogP contribution is 1.69. The Morgan fingerprint density at radius 3 is 2.43 bits per heavy atom. The lowest BCUT2D eigenvalue weighted by Gasteiger charge is -1.81. The van der Waals surface area contributed by atoms with E-state index in [9.17, 15) is 9.59 Å². The second kappa shape index (κ2) is 3.49. The summed E-state index contributed by atoms with van der Waals surface area (Å²) in [6.07, 6.45) is 0.506. The molecular formula is C4H7NO2. The van der Waals surface area contributed by atoms with Crippen molar-refractivity contribution >= 4 is 12.1 Å². The zero-order valence-electron chi connectivity index (χ0n) is 3.89. The average molecular weight is 101 g/mol. The Kier molecular flexibility index (Phi) is 3.14. The minimum Gasteiger partial charge on any atom is -0.324 e. The smallest absolute Gasteiger partial charge is 0.153 e. The molecule has 0 aliphatic heterocycles. The van der Waals surface area contributed by atoms with Gasteiger partial charge >= 0.3 is 0 Å². The molecule has 0 rings (SSSR count). The van der Waals surface area contributed by atoms with Crippen LogP contribution in [-0.4, -0.2) is 18.6 Å². The standard InChI is InChI=1S/C4H7NO2/c5-3-4(7)1-2-6/h2H,1,3,5H2. The summed E-state index contributed by atoms with van der Waals surface area (Å²) in [5.74, 6) is -0.213. The third-order valence-electron chi connectivity index (χ3n) is 0.539. The number of carbonyl (C=O) groups excluding carboxylic acids is 2. The number of nitrogens with two attached hydrogens (primary N) is 1. The van der Waals surface area contributed by atoms with Gasteiger partial charge in [0, 0.05) is 0 Å². The lowest BCUT2D eigenvalue weighted by atomic mass is 10.3. The molecule has 0 radical (unpaired) electrons. The molecule has 2 N–H and O–H groups in total. The third-order valence-corrected chi connectivity index (χ3v) is 0.539. The molecule has 3 nitrogen and oxygen atoms in total. The minimum absolute atomic E-state index is 0.0290. The first-order valence-corrected chi connectivity index (χ1v) is 1.96. The second-order valence-electron chi connectivity index (χ2n) is 1.11. The van der Waals surface area contributed by atoms with E-state index in [0.717, 1.165) is 0 Å². The summed E-state index contributed by atoms with van der Waals surface area (Å²) in [4.78, 5) is 19.6. The van der Waals surface area contributed by atoms with Crippen molar-refractivity contribution in [1.29, 1.82) is 0 Å². The van der Waals surface area contributed by atoms with E-state index in [2.05, 4.69) is 0 Å². The van der Waals surface area contributed by atoms with E-state index in [1.165, 1.54) is 0 Å². The largest absolute Gasteiger partial charge is 0.324 e. The van der Waals surface area contributed by atoms with Crippen molar-refractivity contribution in [3.05, 3.63) is 0 Å². The topological polar surface area (TPSA) is 60.2 Å². The molecule has 0 aliphatic rings. The Bertz CT molecular complexity index is 79.8. The molecule has 0 aromatic heterocycles. The first-order valence-electron chi connectivity index (χ1n) is 1.96. The van der Waals surface area contributed by atoms with Gasteiger partial charge in [0.25, 0.3) is 0 Å². The highest BCUT2D eigenvalue weighted by atomic mass is 16.1. The van der Waals surface area contributed by atoms with Crippen LogP contribution in [0, 0.1) is 0 Å². The fraction of sp³-hybridized carbons (Fsp3) is 0.500. The molecule has 0 spiro atoms. The molecule has 3 heteroatoms. The quantitative estimate of drug-likeness (QED) is 0.370. The number of rotatable bonds is 3. The average Bonchev–Trinajstić information content (AvgIpc) is 1.68. The van der Waals surface area contributed by atoms with E-state index in [1.807, 2.05) is 0 Å². The van der Waals surface area contributed by atoms with Gasteiger partial charge in [-0.1, -0.05) is 0 Å². The van der Waals surface area contributed by atoms with E-state index in [0.29, 0.717) is 6.29 Å². The van der Waals surface area contributed by atoms with Crippen molar-refractivity contribution < 1.29 is 9.59 Å². The molecule has 0 unspecified atom stereocenters. The third kappa shape index (κ3) is 3.12. The van der Waals surface area contributed by atoms with Crippen molar-refractivity contribution in [2.75, 3.05) is 6.54 Å². The van der Waals surface area contributed by atoms with Gasteiger partial charge in [0.15, 0.2) is 5.78 Å². The van der Waals surface area contributed by atoms with Gasteiger partial charge in [0.05, 0.1) is 13.0 Å². The summed E-state index contributed by atoms with van der Waals surface area (Å²) in [5.41, 5.74) is 4.85. The highest BCUT2D eigenvalue weighted by Gasteiger charge is 1.92. The predicted molar refractivity (Wildman–Crippen MR) is 24.7 cm³/mol. The Hall–Kier alpha value is -0.700. The number of ketones is 1. The van der Waals surface area contributed by atoms with Crippen LogP contribution in [-0.2, 0) is 9.59 Å². The maximum absolute atomic E-state index is 10.1. The molecule has 0 heterocycles. The number of carbonyl (C=O) groups is 2. The monoisotopic (exact) mass is 101 g/mol. The van der Waals surface area contributed by atoms with Crippen molar-refractivity contribution in [2.24, 2.45) is 5.73 Å². The molecule has 0 bridgehead atoms. The van der Waals surface area contributed by atoms with E-state index in [1.54, 1.807) is 0 Å². The Labute approximate surface area is 41.5 Å². The SMILES string of the molecule is NCC(=O)CC=O. The van der Waals surface area contributed by atoms with Gasteiger partial charge in [-0.2, -0.15) is 0 Å². The Morgan fingerprint density at radius 2 is 2.29 bits per heavy atom. The molecule has 0 saturated heterocycles. The lowest BCUT2D eigenvalue weighted by molar-refractivity contribution is -0.121. The predicted octanol–water partition coefficient (Wildman–Crippen LogP) is -0.897. The van der Waals surface area contributed by atoms with Gasteiger partial charge in [-0.25, -0.2) is 0 Å². The first-order chi connectivity index (χ1) is 3.31. The van der Waals surface area contributed by atoms with Crippen LogP contribution in [0.2, 0.25) is 0 Å². The number of hydrogen-bond donors (Lipinski definition) is 1. The Balaban J connectivity index is 3.17. The summed E-state index contributed by atoms with van der Waals surface area (Å²) in [7, 11) is 0. The zero-order valence-corrected chi connectivity index (χ0v) is 3.89. The van der Waals surface area contributed by atoms with Crippen molar-refractivity contribution in [1.82, 2.24) is 0 Å². The molecule has 7 heavy (non-hydrogen) atoms. The van der Waals surface area contributed by atoms with Crippen LogP contribution in [0.25, 0.3) is 0 Å². The second-order valence-corrected chi connectivity index (χ2v) is 1.11. The number of aldehydes is 1. The van der Waals surface area contributed by atoms with Crippen LogP contribution in [0.4, 0.5) is 0 Å². The molecular weight excluding hydrogens is 94.0 g/mol. The van der Waals surface area contributed by atoms with Crippen molar-refractivity contribution in [3.63, 3.8) is 0 Å². The van der Waals surface area contributed by atoms with E-state index < -0.39 is 0 Å². The van der Waals surface area contributed by atoms with Crippen LogP contribution in [0.5, 0.6) is 0 Å². The zero-order chi connectivity index (χ0) is 5.70. The van der Waals surface area contributed by atoms with Crippen LogP contribution in [0.15, 0.2) is 0 Å². The number of Topliss-reactive ketones (excluding diaryl/α,β-unsaturated/α-hetero) is 1. The molecule has 0 saturated carbocycles. The minimum atomic E-state index is -0.213. The lowest BCUT2D eigenvalue weighted by Crippen LogP contribution is -2.12. The summed E-state index contributed by atoms with van der Waals surface area (Å²) in [6.45, 7) is -0.0290. The first kappa shape index (κ1) is 6.30. The summed E-state index contributed by atoms with van der Waals surface area (Å²) < 4.78 is 0. The van der Waals surface area contributed by atoms with Crippen molar-refractivity contribution in [3.8, 4) is 0 Å². The molecule has 40 valence electrons. The summed E-state index contributed by atoms with van der Waals surface area (Å²) in [6, 6.07) is 0. The van der Waals surface area contributed by atoms with Crippen LogP contribution in [0.3, 0.4) is 0 Å². The molecule has 0 fully saturated rings. The molecule has 0 aromatic carbocycles. The molecule has 0 aliphatic carbocycles. The van der Waals surface area contributed by atoms with E-state index in [4.69, 9.17) is 5.73 Å². The van der Waals surface area contributed by atoms with Crippen LogP contribution >= 0.6 is 0 Å². The molecule has 0 aromatic rings. The van der Waals surface area contributed by atoms with Gasteiger partial charge in [0.1, 0.15) is 6.29 Å². The fourth-order valence-corrected chi connectivity index (χ4v) is 0.176. The summed E-state index contributed by atoms with van der Waals surface area (Å²) >= 11 is 0. The Morgan fingerprint density at radius 1 is 1.71 bits per heavy atom. The van der Waals surface area contributed by atoms with Gasteiger partial charge < -0.3 is 10.5 Å². The van der Waals surface area contributed by atoms with Gasteiger partial charge in [-0.3, -0.25) is 4.79 Å². The van der Waals surface area contributed by atoms with Crippen molar-refractivity contribution in [2.45, 2.75) is 6.42 Å². The van der Waals surface area contributed by atoms with E-state index >= 15 is 0 Å². The van der Waals surface area contributed by atoms with E-state index in [-0.39, 0.29) is 18.7 Å². The fourth-order valence-electron chi connectivity index (χ4n) is 0.176. The normalized spacial score (nSPS) is 8.14. The summed E-state index contributed by atoms with van der Waals surface area (Å²) in [5, 5.41) is 0. The van der Waals surface area contributed by atoms with Gasteiger partial charge in [-0.15, -0.1) is 0 Å². The van der Waals surface area contributed by atoms with Gasteiger partial charge in [0.2, 0.25) is 0 Å². The van der Waals surface area contributed by atoms with Gasteiger partial charge in [-0.05, 0) is 0 Å². The van der Waals surface area contributed by atoms with Crippen LogP contribution in [0.1, 0.15) is 6.42 Å². The maximum atomic E-state index is 10.1. The van der Waals surface area contributed by atoms with Crippen LogP contribution < -0.4 is 5.73 Å². The molecule has 0 atom stereocenters. The maximum Gasteiger partial charge on any atom is 0.153 e. The molecule has 0 amide bonds. The number of hydrogen-bond acceptors (Lipinski definition) is 3. The highest BCUT2D eigenvalue weighted by molar-refractivity contribution is 5.90.